The van der Waals surface area contributed by atoms with E-state index in [-0.39, 0.29) is 11.9 Å². The van der Waals surface area contributed by atoms with Gasteiger partial charge in [0.05, 0.1) is 29.2 Å². The van der Waals surface area contributed by atoms with E-state index in [2.05, 4.69) is 19.0 Å². The molecule has 0 radical (unpaired) electrons. The van der Waals surface area contributed by atoms with Crippen LogP contribution < -0.4 is 5.32 Å². The number of carbonyl (C=O) groups excluding carboxylic acids is 1. The van der Waals surface area contributed by atoms with E-state index in [4.69, 9.17) is 0 Å². The van der Waals surface area contributed by atoms with Crippen LogP contribution in [0.4, 0.5) is 0 Å². The van der Waals surface area contributed by atoms with Crippen LogP contribution in [0, 0.1) is 13.8 Å². The molecule has 0 fully saturated rings. The van der Waals surface area contributed by atoms with E-state index >= 15 is 0 Å². The first-order valence-corrected chi connectivity index (χ1v) is 6.34. The van der Waals surface area contributed by atoms with Crippen molar-refractivity contribution in [3.8, 4) is 0 Å². The van der Waals surface area contributed by atoms with Crippen molar-refractivity contribution in [1.29, 1.82) is 0 Å². The Labute approximate surface area is 110 Å². The van der Waals surface area contributed by atoms with Gasteiger partial charge in [-0.25, -0.2) is 0 Å². The number of hydrogen-bond donors (Lipinski definition) is 1. The third kappa shape index (κ3) is 2.70. The molecule has 5 nitrogen and oxygen atoms in total. The molecule has 1 atom stereocenters. The van der Waals surface area contributed by atoms with Gasteiger partial charge in [0.25, 0.3) is 5.91 Å². The van der Waals surface area contributed by atoms with E-state index in [9.17, 15) is 4.79 Å². The Morgan fingerprint density at radius 3 is 2.72 bits per heavy atom. The second kappa shape index (κ2) is 5.22. The third-order valence-electron chi connectivity index (χ3n) is 2.57. The summed E-state index contributed by atoms with van der Waals surface area (Å²) in [6.45, 7) is 5.59. The molecule has 1 N–H and O–H groups in total. The summed E-state index contributed by atoms with van der Waals surface area (Å²) in [5.41, 5.74) is 2.81. The van der Waals surface area contributed by atoms with E-state index in [1.165, 1.54) is 0 Å². The van der Waals surface area contributed by atoms with Crippen LogP contribution in [0.15, 0.2) is 18.2 Å². The van der Waals surface area contributed by atoms with Crippen molar-refractivity contribution in [3.05, 3.63) is 41.0 Å². The number of aromatic nitrogens is 3. The first-order chi connectivity index (χ1) is 8.58. The fraction of sp³-hybridized carbons (Fsp3) is 0.333. The van der Waals surface area contributed by atoms with Gasteiger partial charge >= 0.3 is 0 Å². The molecule has 2 heterocycles. The molecule has 1 amide bonds. The lowest BCUT2D eigenvalue weighted by Gasteiger charge is -2.13. The Morgan fingerprint density at radius 1 is 1.33 bits per heavy atom. The van der Waals surface area contributed by atoms with Gasteiger partial charge in [-0.15, -0.1) is 0 Å². The van der Waals surface area contributed by atoms with Crippen LogP contribution >= 0.6 is 11.7 Å². The van der Waals surface area contributed by atoms with Crippen LogP contribution in [0.25, 0.3) is 0 Å². The summed E-state index contributed by atoms with van der Waals surface area (Å²) in [6.07, 6.45) is 0. The Kier molecular flexibility index (Phi) is 3.66. The van der Waals surface area contributed by atoms with Crippen molar-refractivity contribution >= 4 is 17.6 Å². The molecule has 6 heteroatoms. The van der Waals surface area contributed by atoms with Gasteiger partial charge in [-0.05, 0) is 32.9 Å². The molecule has 0 aromatic carbocycles. The SMILES string of the molecule is Cc1cccc(C(C)NC(=O)c2nsnc2C)n1. The summed E-state index contributed by atoms with van der Waals surface area (Å²) >= 11 is 1.04. The van der Waals surface area contributed by atoms with Crippen LogP contribution in [0.3, 0.4) is 0 Å². The average Bonchev–Trinajstić information content (AvgIpc) is 2.75. The lowest BCUT2D eigenvalue weighted by molar-refractivity contribution is 0.0934. The molecule has 0 aliphatic rings. The highest BCUT2D eigenvalue weighted by Crippen LogP contribution is 2.12. The van der Waals surface area contributed by atoms with E-state index in [0.29, 0.717) is 11.4 Å². The Bertz CT molecular complexity index is 567. The van der Waals surface area contributed by atoms with Crippen molar-refractivity contribution in [2.45, 2.75) is 26.8 Å². The smallest absolute Gasteiger partial charge is 0.273 e. The van der Waals surface area contributed by atoms with Gasteiger partial charge in [-0.1, -0.05) is 6.07 Å². The van der Waals surface area contributed by atoms with Crippen molar-refractivity contribution in [3.63, 3.8) is 0 Å². The first kappa shape index (κ1) is 12.6. The number of amides is 1. The van der Waals surface area contributed by atoms with Gasteiger partial charge in [-0.2, -0.15) is 8.75 Å². The van der Waals surface area contributed by atoms with Crippen LogP contribution in [-0.2, 0) is 0 Å². The monoisotopic (exact) mass is 262 g/mol. The van der Waals surface area contributed by atoms with Gasteiger partial charge in [0.1, 0.15) is 0 Å². The summed E-state index contributed by atoms with van der Waals surface area (Å²) in [4.78, 5) is 16.3. The maximum Gasteiger partial charge on any atom is 0.273 e. The third-order valence-corrected chi connectivity index (χ3v) is 3.19. The number of nitrogens with zero attached hydrogens (tertiary/aromatic N) is 3. The first-order valence-electron chi connectivity index (χ1n) is 5.61. The standard InChI is InChI=1S/C12H14N4OS/c1-7-5-4-6-10(13-7)8(2)14-12(17)11-9(3)15-18-16-11/h4-6,8H,1-3H3,(H,14,17). The van der Waals surface area contributed by atoms with Crippen LogP contribution in [0.2, 0.25) is 0 Å². The topological polar surface area (TPSA) is 67.8 Å². The zero-order valence-electron chi connectivity index (χ0n) is 10.5. The minimum atomic E-state index is -0.211. The van der Waals surface area contributed by atoms with E-state index in [0.717, 1.165) is 23.1 Å². The molecular weight excluding hydrogens is 248 g/mol. The zero-order valence-corrected chi connectivity index (χ0v) is 11.3. The molecule has 18 heavy (non-hydrogen) atoms. The quantitative estimate of drug-likeness (QED) is 0.919. The number of aryl methyl sites for hydroxylation is 2. The van der Waals surface area contributed by atoms with Gasteiger partial charge in [0, 0.05) is 5.69 Å². The Morgan fingerprint density at radius 2 is 2.11 bits per heavy atom. The minimum absolute atomic E-state index is 0.154. The second-order valence-corrected chi connectivity index (χ2v) is 4.63. The Balaban J connectivity index is 2.10. The van der Waals surface area contributed by atoms with Gasteiger partial charge in [-0.3, -0.25) is 9.78 Å². The largest absolute Gasteiger partial charge is 0.343 e. The maximum absolute atomic E-state index is 12.0. The summed E-state index contributed by atoms with van der Waals surface area (Å²) in [5.74, 6) is -0.211. The van der Waals surface area contributed by atoms with Crippen molar-refractivity contribution in [2.75, 3.05) is 0 Å². The molecule has 0 aliphatic carbocycles. The lowest BCUT2D eigenvalue weighted by Crippen LogP contribution is -2.28. The summed E-state index contributed by atoms with van der Waals surface area (Å²) in [5, 5.41) is 2.87. The predicted octanol–water partition coefficient (Wildman–Crippen LogP) is 2.04. The molecule has 0 spiro atoms. The summed E-state index contributed by atoms with van der Waals surface area (Å²) < 4.78 is 7.96. The number of nitrogens with one attached hydrogen (secondary N) is 1. The maximum atomic E-state index is 12.0. The highest BCUT2D eigenvalue weighted by molar-refractivity contribution is 6.99. The fourth-order valence-electron chi connectivity index (χ4n) is 1.58. The number of rotatable bonds is 3. The second-order valence-electron chi connectivity index (χ2n) is 4.10. The zero-order chi connectivity index (χ0) is 13.1. The van der Waals surface area contributed by atoms with E-state index < -0.39 is 0 Å². The van der Waals surface area contributed by atoms with Gasteiger partial charge in [0.2, 0.25) is 0 Å². The average molecular weight is 262 g/mol. The van der Waals surface area contributed by atoms with E-state index in [1.807, 2.05) is 32.0 Å². The fourth-order valence-corrected chi connectivity index (χ4v) is 2.13. The molecule has 94 valence electrons. The summed E-state index contributed by atoms with van der Waals surface area (Å²) in [7, 11) is 0. The van der Waals surface area contributed by atoms with Crippen molar-refractivity contribution < 1.29 is 4.79 Å². The van der Waals surface area contributed by atoms with Crippen molar-refractivity contribution in [1.82, 2.24) is 19.0 Å². The highest BCUT2D eigenvalue weighted by Gasteiger charge is 2.17. The molecule has 2 rings (SSSR count). The summed E-state index contributed by atoms with van der Waals surface area (Å²) in [6, 6.07) is 5.59. The molecule has 0 bridgehead atoms. The van der Waals surface area contributed by atoms with E-state index in [1.54, 1.807) is 6.92 Å². The lowest BCUT2D eigenvalue weighted by atomic mass is 10.2. The van der Waals surface area contributed by atoms with Crippen LogP contribution in [0.5, 0.6) is 0 Å². The van der Waals surface area contributed by atoms with Gasteiger partial charge in [0.15, 0.2) is 5.69 Å². The van der Waals surface area contributed by atoms with Crippen LogP contribution in [0.1, 0.15) is 40.5 Å². The van der Waals surface area contributed by atoms with Gasteiger partial charge < -0.3 is 5.32 Å². The molecular formula is C12H14N4OS. The number of carbonyl (C=O) groups is 1. The number of hydrogen-bond acceptors (Lipinski definition) is 5. The molecule has 0 saturated carbocycles. The molecule has 1 unspecified atom stereocenters. The minimum Gasteiger partial charge on any atom is -0.343 e. The van der Waals surface area contributed by atoms with Crippen LogP contribution in [-0.4, -0.2) is 19.6 Å². The highest BCUT2D eigenvalue weighted by atomic mass is 32.1. The molecule has 0 saturated heterocycles. The molecule has 0 aliphatic heterocycles. The van der Waals surface area contributed by atoms with Crippen molar-refractivity contribution in [2.24, 2.45) is 0 Å². The number of pyridine rings is 1. The normalized spacial score (nSPS) is 12.2. The molecule has 2 aromatic rings. The Hall–Kier alpha value is -1.82. The molecule has 2 aromatic heterocycles. The predicted molar refractivity (Wildman–Crippen MR) is 69.5 cm³/mol.